The number of benzene rings is 1. The highest BCUT2D eigenvalue weighted by Crippen LogP contribution is 2.28. The van der Waals surface area contributed by atoms with E-state index in [0.29, 0.717) is 17.5 Å². The van der Waals surface area contributed by atoms with E-state index < -0.39 is 4.92 Å². The quantitative estimate of drug-likeness (QED) is 0.250. The molecule has 3 rings (SSSR count). The Balaban J connectivity index is 1.71. The molecular formula is C18H15ClN6O3S. The van der Waals surface area contributed by atoms with Crippen LogP contribution in [-0.2, 0) is 11.3 Å². The summed E-state index contributed by atoms with van der Waals surface area (Å²) >= 11 is 6.98. The van der Waals surface area contributed by atoms with Gasteiger partial charge in [-0.2, -0.15) is 0 Å². The molecule has 0 spiro atoms. The summed E-state index contributed by atoms with van der Waals surface area (Å²) in [7, 11) is 0. The number of halogens is 1. The SMILES string of the molecule is C=CCn1c(SCC(=O)Nc2ccc(Cl)c([N+](=O)[O-])c2)nnc1-c1ccncc1. The molecule has 148 valence electrons. The van der Waals surface area contributed by atoms with Gasteiger partial charge in [-0.05, 0) is 24.3 Å². The Kier molecular flexibility index (Phi) is 6.57. The normalized spacial score (nSPS) is 10.5. The molecule has 3 aromatic rings. The zero-order valence-corrected chi connectivity index (χ0v) is 16.6. The highest BCUT2D eigenvalue weighted by atomic mass is 35.5. The lowest BCUT2D eigenvalue weighted by Gasteiger charge is -2.08. The molecule has 11 heteroatoms. The van der Waals surface area contributed by atoms with Gasteiger partial charge in [0.2, 0.25) is 5.91 Å². The van der Waals surface area contributed by atoms with E-state index in [2.05, 4.69) is 27.1 Å². The van der Waals surface area contributed by atoms with Crippen molar-refractivity contribution in [3.63, 3.8) is 0 Å². The molecule has 29 heavy (non-hydrogen) atoms. The smallest absolute Gasteiger partial charge is 0.289 e. The van der Waals surface area contributed by atoms with E-state index in [1.54, 1.807) is 18.5 Å². The molecule has 1 N–H and O–H groups in total. The third kappa shape index (κ3) is 4.98. The van der Waals surface area contributed by atoms with Crippen LogP contribution in [0.15, 0.2) is 60.5 Å². The number of hydrogen-bond acceptors (Lipinski definition) is 7. The van der Waals surface area contributed by atoms with Gasteiger partial charge in [0, 0.05) is 36.3 Å². The number of hydrogen-bond donors (Lipinski definition) is 1. The van der Waals surface area contributed by atoms with Gasteiger partial charge in [0.1, 0.15) is 5.02 Å². The molecule has 0 radical (unpaired) electrons. The second-order valence-electron chi connectivity index (χ2n) is 5.70. The van der Waals surface area contributed by atoms with Crippen LogP contribution < -0.4 is 5.32 Å². The molecule has 0 saturated carbocycles. The van der Waals surface area contributed by atoms with Gasteiger partial charge in [-0.1, -0.05) is 29.4 Å². The van der Waals surface area contributed by atoms with E-state index in [1.165, 1.54) is 30.0 Å². The summed E-state index contributed by atoms with van der Waals surface area (Å²) in [5, 5.41) is 22.5. The summed E-state index contributed by atoms with van der Waals surface area (Å²) < 4.78 is 1.84. The fourth-order valence-corrected chi connectivity index (χ4v) is 3.40. The van der Waals surface area contributed by atoms with Crippen molar-refractivity contribution in [3.8, 4) is 11.4 Å². The Labute approximate surface area is 175 Å². The van der Waals surface area contributed by atoms with E-state index in [0.717, 1.165) is 5.56 Å². The predicted octanol–water partition coefficient (Wildman–Crippen LogP) is 3.82. The number of amides is 1. The van der Waals surface area contributed by atoms with Crippen LogP contribution in [-0.4, -0.2) is 36.3 Å². The van der Waals surface area contributed by atoms with Crippen molar-refractivity contribution in [2.75, 3.05) is 11.1 Å². The zero-order chi connectivity index (χ0) is 20.8. The first kappa shape index (κ1) is 20.5. The minimum absolute atomic E-state index is 0.00328. The maximum absolute atomic E-state index is 12.3. The Hall–Kier alpha value is -3.24. The fraction of sp³-hybridized carbons (Fsp3) is 0.111. The number of carbonyl (C=O) groups is 1. The van der Waals surface area contributed by atoms with Crippen molar-refractivity contribution in [1.29, 1.82) is 0 Å². The summed E-state index contributed by atoms with van der Waals surface area (Å²) in [6.45, 7) is 4.22. The summed E-state index contributed by atoms with van der Waals surface area (Å²) in [5.74, 6) is 0.343. The lowest BCUT2D eigenvalue weighted by molar-refractivity contribution is -0.384. The maximum Gasteiger partial charge on any atom is 0.289 e. The Morgan fingerprint density at radius 2 is 2.07 bits per heavy atom. The summed E-state index contributed by atoms with van der Waals surface area (Å²) in [5.41, 5.74) is 0.862. The number of aromatic nitrogens is 4. The van der Waals surface area contributed by atoms with Gasteiger partial charge in [-0.25, -0.2) is 0 Å². The van der Waals surface area contributed by atoms with Crippen molar-refractivity contribution >= 4 is 40.6 Å². The number of carbonyl (C=O) groups excluding carboxylic acids is 1. The summed E-state index contributed by atoms with van der Waals surface area (Å²) in [6.07, 6.45) is 5.03. The molecule has 0 saturated heterocycles. The van der Waals surface area contributed by atoms with Crippen molar-refractivity contribution in [2.45, 2.75) is 11.7 Å². The number of thioether (sulfide) groups is 1. The number of nitrogens with one attached hydrogen (secondary N) is 1. The third-order valence-corrected chi connectivity index (χ3v) is 5.01. The molecule has 0 aliphatic heterocycles. The van der Waals surface area contributed by atoms with Crippen molar-refractivity contribution < 1.29 is 9.72 Å². The molecule has 0 atom stereocenters. The number of allylic oxidation sites excluding steroid dienone is 1. The number of nitrogens with zero attached hydrogens (tertiary/aromatic N) is 5. The van der Waals surface area contributed by atoms with Crippen LogP contribution in [0.25, 0.3) is 11.4 Å². The number of nitro groups is 1. The summed E-state index contributed by atoms with van der Waals surface area (Å²) in [6, 6.07) is 7.72. The van der Waals surface area contributed by atoms with E-state index in [9.17, 15) is 14.9 Å². The van der Waals surface area contributed by atoms with Crippen LogP contribution >= 0.6 is 23.4 Å². The van der Waals surface area contributed by atoms with E-state index in [4.69, 9.17) is 11.6 Å². The van der Waals surface area contributed by atoms with Crippen molar-refractivity contribution in [1.82, 2.24) is 19.7 Å². The van der Waals surface area contributed by atoms with E-state index >= 15 is 0 Å². The highest BCUT2D eigenvalue weighted by Gasteiger charge is 2.16. The van der Waals surface area contributed by atoms with Crippen LogP contribution in [0.5, 0.6) is 0 Å². The standard InChI is InChI=1S/C18H15ClN6O3S/c1-2-9-24-17(12-5-7-20-8-6-12)22-23-18(24)29-11-16(26)21-13-3-4-14(19)15(10-13)25(27)28/h2-8,10H,1,9,11H2,(H,21,26). The number of pyridine rings is 1. The van der Waals surface area contributed by atoms with Gasteiger partial charge in [0.15, 0.2) is 11.0 Å². The average Bonchev–Trinajstić information content (AvgIpc) is 3.11. The average molecular weight is 431 g/mol. The third-order valence-electron chi connectivity index (χ3n) is 3.73. The van der Waals surface area contributed by atoms with E-state index in [-0.39, 0.29) is 28.1 Å². The molecular weight excluding hydrogens is 416 g/mol. The van der Waals surface area contributed by atoms with Gasteiger partial charge < -0.3 is 5.32 Å². The molecule has 1 amide bonds. The molecule has 2 heterocycles. The van der Waals surface area contributed by atoms with Gasteiger partial charge in [0.25, 0.3) is 5.69 Å². The first-order valence-electron chi connectivity index (χ1n) is 8.30. The molecule has 2 aromatic heterocycles. The molecule has 0 bridgehead atoms. The summed E-state index contributed by atoms with van der Waals surface area (Å²) in [4.78, 5) is 26.6. The Morgan fingerprint density at radius 3 is 2.76 bits per heavy atom. The zero-order valence-electron chi connectivity index (χ0n) is 15.0. The largest absolute Gasteiger partial charge is 0.325 e. The van der Waals surface area contributed by atoms with Gasteiger partial charge in [-0.3, -0.25) is 24.5 Å². The molecule has 9 nitrogen and oxygen atoms in total. The second kappa shape index (κ2) is 9.30. The molecule has 0 fully saturated rings. The van der Waals surface area contributed by atoms with Crippen LogP contribution in [0.4, 0.5) is 11.4 Å². The fourth-order valence-electron chi connectivity index (χ4n) is 2.46. The molecule has 0 aliphatic carbocycles. The second-order valence-corrected chi connectivity index (χ2v) is 7.05. The van der Waals surface area contributed by atoms with Gasteiger partial charge in [-0.15, -0.1) is 16.8 Å². The van der Waals surface area contributed by atoms with Crippen LogP contribution in [0.1, 0.15) is 0 Å². The lowest BCUT2D eigenvalue weighted by Crippen LogP contribution is -2.14. The maximum atomic E-state index is 12.3. The highest BCUT2D eigenvalue weighted by molar-refractivity contribution is 7.99. The van der Waals surface area contributed by atoms with Crippen molar-refractivity contribution in [2.24, 2.45) is 0 Å². The number of rotatable bonds is 8. The van der Waals surface area contributed by atoms with E-state index in [1.807, 2.05) is 16.7 Å². The van der Waals surface area contributed by atoms with Gasteiger partial charge in [0.05, 0.1) is 10.7 Å². The topological polar surface area (TPSA) is 116 Å². The predicted molar refractivity (Wildman–Crippen MR) is 111 cm³/mol. The van der Waals surface area contributed by atoms with Crippen LogP contribution in [0, 0.1) is 10.1 Å². The number of nitro benzene ring substituents is 1. The Bertz CT molecular complexity index is 1060. The monoisotopic (exact) mass is 430 g/mol. The van der Waals surface area contributed by atoms with Crippen LogP contribution in [0.2, 0.25) is 5.02 Å². The van der Waals surface area contributed by atoms with Crippen LogP contribution in [0.3, 0.4) is 0 Å². The molecule has 1 aromatic carbocycles. The Morgan fingerprint density at radius 1 is 1.31 bits per heavy atom. The first-order chi connectivity index (χ1) is 14.0. The van der Waals surface area contributed by atoms with Crippen molar-refractivity contribution in [3.05, 3.63) is 70.5 Å². The molecule has 0 aliphatic rings. The minimum atomic E-state index is -0.606. The number of anilines is 1. The first-order valence-corrected chi connectivity index (χ1v) is 9.67. The molecule has 0 unspecified atom stereocenters. The minimum Gasteiger partial charge on any atom is -0.325 e. The lowest BCUT2D eigenvalue weighted by atomic mass is 10.2. The van der Waals surface area contributed by atoms with Gasteiger partial charge >= 0.3 is 0 Å².